The van der Waals surface area contributed by atoms with Crippen molar-refractivity contribution in [2.45, 2.75) is 20.3 Å². The molecule has 1 heterocycles. The average Bonchev–Trinajstić information content (AvgIpc) is 2.66. The third-order valence-corrected chi connectivity index (χ3v) is 4.93. The fourth-order valence-corrected chi connectivity index (χ4v) is 3.24. The lowest BCUT2D eigenvalue weighted by molar-refractivity contribution is -0.131. The maximum atomic E-state index is 13.3. The van der Waals surface area contributed by atoms with Crippen LogP contribution in [0, 0.1) is 25.5 Å². The molecule has 27 heavy (non-hydrogen) atoms. The second kappa shape index (κ2) is 7.86. The van der Waals surface area contributed by atoms with Gasteiger partial charge in [-0.1, -0.05) is 23.8 Å². The Bertz CT molecular complexity index is 874. The summed E-state index contributed by atoms with van der Waals surface area (Å²) in [7, 11) is 0. The van der Waals surface area contributed by atoms with E-state index in [-0.39, 0.29) is 17.4 Å². The summed E-state index contributed by atoms with van der Waals surface area (Å²) in [6, 6.07) is 9.19. The summed E-state index contributed by atoms with van der Waals surface area (Å²) >= 11 is 0. The number of amides is 2. The smallest absolute Gasteiger partial charge is 0.254 e. The van der Waals surface area contributed by atoms with Gasteiger partial charge in [0.1, 0.15) is 0 Å². The van der Waals surface area contributed by atoms with E-state index in [0.29, 0.717) is 32.6 Å². The zero-order valence-electron chi connectivity index (χ0n) is 15.5. The molecular weight excluding hydrogens is 350 g/mol. The van der Waals surface area contributed by atoms with E-state index in [1.807, 2.05) is 32.0 Å². The number of benzene rings is 2. The van der Waals surface area contributed by atoms with Crippen molar-refractivity contribution in [3.8, 4) is 0 Å². The van der Waals surface area contributed by atoms with Crippen LogP contribution >= 0.6 is 0 Å². The van der Waals surface area contributed by atoms with Crippen molar-refractivity contribution >= 4 is 11.8 Å². The summed E-state index contributed by atoms with van der Waals surface area (Å²) in [5.74, 6) is -2.34. The second-order valence-electron chi connectivity index (χ2n) is 6.91. The van der Waals surface area contributed by atoms with Gasteiger partial charge in [-0.05, 0) is 43.2 Å². The summed E-state index contributed by atoms with van der Waals surface area (Å²) in [4.78, 5) is 28.3. The lowest BCUT2D eigenvalue weighted by atomic mass is 10.0. The fourth-order valence-electron chi connectivity index (χ4n) is 3.24. The molecular formula is C21H22F2N2O2. The molecule has 142 valence electrons. The molecule has 1 aliphatic rings. The molecule has 1 aliphatic heterocycles. The molecule has 2 aromatic rings. The van der Waals surface area contributed by atoms with Crippen LogP contribution in [-0.2, 0) is 11.2 Å². The van der Waals surface area contributed by atoms with E-state index in [2.05, 4.69) is 0 Å². The largest absolute Gasteiger partial charge is 0.339 e. The van der Waals surface area contributed by atoms with Gasteiger partial charge in [0.15, 0.2) is 11.6 Å². The lowest BCUT2D eigenvalue weighted by Crippen LogP contribution is -2.51. The molecule has 3 rings (SSSR count). The Morgan fingerprint density at radius 1 is 0.889 bits per heavy atom. The van der Waals surface area contributed by atoms with Gasteiger partial charge in [0.05, 0.1) is 6.42 Å². The predicted molar refractivity (Wildman–Crippen MR) is 98.5 cm³/mol. The first-order chi connectivity index (χ1) is 12.8. The van der Waals surface area contributed by atoms with Crippen molar-refractivity contribution in [3.05, 3.63) is 70.3 Å². The van der Waals surface area contributed by atoms with E-state index >= 15 is 0 Å². The first-order valence-corrected chi connectivity index (χ1v) is 8.93. The van der Waals surface area contributed by atoms with Crippen LogP contribution in [0.5, 0.6) is 0 Å². The maximum absolute atomic E-state index is 13.3. The number of hydrogen-bond acceptors (Lipinski definition) is 2. The van der Waals surface area contributed by atoms with Crippen LogP contribution in [0.2, 0.25) is 0 Å². The van der Waals surface area contributed by atoms with Crippen molar-refractivity contribution in [3.63, 3.8) is 0 Å². The molecule has 0 bridgehead atoms. The highest BCUT2D eigenvalue weighted by Gasteiger charge is 2.25. The molecule has 0 unspecified atom stereocenters. The van der Waals surface area contributed by atoms with Crippen molar-refractivity contribution in [2.24, 2.45) is 0 Å². The Hall–Kier alpha value is -2.76. The number of carbonyl (C=O) groups excluding carboxylic acids is 2. The molecule has 0 spiro atoms. The van der Waals surface area contributed by atoms with Gasteiger partial charge in [-0.25, -0.2) is 8.78 Å². The number of rotatable bonds is 3. The first kappa shape index (κ1) is 19.0. The SMILES string of the molecule is Cc1ccc(C)c(CC(=O)N2CCN(C(=O)c3ccc(F)c(F)c3)CC2)c1. The first-order valence-electron chi connectivity index (χ1n) is 8.93. The minimum Gasteiger partial charge on any atom is -0.339 e. The third kappa shape index (κ3) is 4.32. The normalized spacial score (nSPS) is 14.4. The number of piperazine rings is 1. The molecule has 0 radical (unpaired) electrons. The molecule has 1 fully saturated rings. The zero-order valence-corrected chi connectivity index (χ0v) is 15.5. The maximum Gasteiger partial charge on any atom is 0.254 e. The van der Waals surface area contributed by atoms with Crippen LogP contribution in [0.4, 0.5) is 8.78 Å². The van der Waals surface area contributed by atoms with E-state index < -0.39 is 11.6 Å². The van der Waals surface area contributed by atoms with Gasteiger partial charge in [0.25, 0.3) is 5.91 Å². The Kier molecular flexibility index (Phi) is 5.54. The van der Waals surface area contributed by atoms with Crippen molar-refractivity contribution < 1.29 is 18.4 Å². The van der Waals surface area contributed by atoms with E-state index in [1.54, 1.807) is 9.80 Å². The summed E-state index contributed by atoms with van der Waals surface area (Å²) in [6.45, 7) is 5.58. The third-order valence-electron chi connectivity index (χ3n) is 4.93. The average molecular weight is 372 g/mol. The monoisotopic (exact) mass is 372 g/mol. The van der Waals surface area contributed by atoms with Gasteiger partial charge in [0.2, 0.25) is 5.91 Å². The number of halogens is 2. The quantitative estimate of drug-likeness (QED) is 0.831. The number of nitrogens with zero attached hydrogens (tertiary/aromatic N) is 2. The molecule has 0 N–H and O–H groups in total. The zero-order chi connectivity index (χ0) is 19.6. The van der Waals surface area contributed by atoms with Crippen molar-refractivity contribution in [1.82, 2.24) is 9.80 Å². The number of carbonyl (C=O) groups is 2. The number of aryl methyl sites for hydroxylation is 2. The highest BCUT2D eigenvalue weighted by molar-refractivity contribution is 5.94. The topological polar surface area (TPSA) is 40.6 Å². The van der Waals surface area contributed by atoms with Gasteiger partial charge < -0.3 is 9.80 Å². The van der Waals surface area contributed by atoms with Crippen LogP contribution in [0.1, 0.15) is 27.0 Å². The standard InChI is InChI=1S/C21H22F2N2O2/c1-14-3-4-15(2)17(11-14)13-20(26)24-7-9-25(10-8-24)21(27)16-5-6-18(22)19(23)12-16/h3-6,11-12H,7-10,13H2,1-2H3. The molecule has 0 saturated carbocycles. The molecule has 1 saturated heterocycles. The van der Waals surface area contributed by atoms with Gasteiger partial charge in [-0.3, -0.25) is 9.59 Å². The van der Waals surface area contributed by atoms with Crippen LogP contribution < -0.4 is 0 Å². The summed E-state index contributed by atoms with van der Waals surface area (Å²) in [6.07, 6.45) is 0.338. The van der Waals surface area contributed by atoms with E-state index in [4.69, 9.17) is 0 Å². The van der Waals surface area contributed by atoms with E-state index in [1.165, 1.54) is 6.07 Å². The highest BCUT2D eigenvalue weighted by atomic mass is 19.2. The Morgan fingerprint density at radius 2 is 1.56 bits per heavy atom. The molecule has 2 amide bonds. The summed E-state index contributed by atoms with van der Waals surface area (Å²) in [5.41, 5.74) is 3.33. The lowest BCUT2D eigenvalue weighted by Gasteiger charge is -2.35. The predicted octanol–water partition coefficient (Wildman–Crippen LogP) is 3.11. The van der Waals surface area contributed by atoms with E-state index in [9.17, 15) is 18.4 Å². The van der Waals surface area contributed by atoms with Crippen LogP contribution in [-0.4, -0.2) is 47.8 Å². The molecule has 2 aromatic carbocycles. The van der Waals surface area contributed by atoms with Gasteiger partial charge in [0, 0.05) is 31.7 Å². The summed E-state index contributed by atoms with van der Waals surface area (Å²) < 4.78 is 26.4. The summed E-state index contributed by atoms with van der Waals surface area (Å²) in [5, 5.41) is 0. The molecule has 0 aliphatic carbocycles. The Balaban J connectivity index is 1.59. The minimum absolute atomic E-state index is 0.0311. The van der Waals surface area contributed by atoms with Crippen molar-refractivity contribution in [1.29, 1.82) is 0 Å². The van der Waals surface area contributed by atoms with Crippen LogP contribution in [0.25, 0.3) is 0 Å². The molecule has 4 nitrogen and oxygen atoms in total. The molecule has 6 heteroatoms. The number of hydrogen-bond donors (Lipinski definition) is 0. The van der Waals surface area contributed by atoms with Gasteiger partial charge in [-0.15, -0.1) is 0 Å². The van der Waals surface area contributed by atoms with Gasteiger partial charge in [-0.2, -0.15) is 0 Å². The van der Waals surface area contributed by atoms with Crippen molar-refractivity contribution in [2.75, 3.05) is 26.2 Å². The minimum atomic E-state index is -1.04. The second-order valence-corrected chi connectivity index (χ2v) is 6.91. The Labute approximate surface area is 157 Å². The Morgan fingerprint density at radius 3 is 2.22 bits per heavy atom. The van der Waals surface area contributed by atoms with E-state index in [0.717, 1.165) is 28.8 Å². The highest BCUT2D eigenvalue weighted by Crippen LogP contribution is 2.15. The van der Waals surface area contributed by atoms with Crippen LogP contribution in [0.15, 0.2) is 36.4 Å². The van der Waals surface area contributed by atoms with Gasteiger partial charge >= 0.3 is 0 Å². The van der Waals surface area contributed by atoms with Crippen LogP contribution in [0.3, 0.4) is 0 Å². The molecule has 0 atom stereocenters. The fraction of sp³-hybridized carbons (Fsp3) is 0.333. The molecule has 0 aromatic heterocycles.